The lowest BCUT2D eigenvalue weighted by atomic mass is 10.00. The molecule has 0 unspecified atom stereocenters. The maximum atomic E-state index is 12.4. The van der Waals surface area contributed by atoms with E-state index in [0.29, 0.717) is 22.6 Å². The van der Waals surface area contributed by atoms with Crippen LogP contribution >= 0.6 is 15.9 Å². The highest BCUT2D eigenvalue weighted by Crippen LogP contribution is 2.26. The quantitative estimate of drug-likeness (QED) is 0.678. The van der Waals surface area contributed by atoms with Gasteiger partial charge in [-0.05, 0) is 54.9 Å². The lowest BCUT2D eigenvalue weighted by Crippen LogP contribution is -2.04. The van der Waals surface area contributed by atoms with E-state index < -0.39 is 0 Å². The molecule has 1 aromatic heterocycles. The minimum Gasteiger partial charge on any atom is -0.466 e. The zero-order chi connectivity index (χ0) is 13.4. The standard InChI is InChI=1S/C14H14BrNO2/c1-7-8(2)18-9(3)13(7)14(17)10-4-5-12(16)11(15)6-10/h4-6H,16H2,1-3H3. The van der Waals surface area contributed by atoms with Gasteiger partial charge in [-0.15, -0.1) is 0 Å². The van der Waals surface area contributed by atoms with Gasteiger partial charge in [-0.2, -0.15) is 0 Å². The fraction of sp³-hybridized carbons (Fsp3) is 0.214. The van der Waals surface area contributed by atoms with E-state index in [4.69, 9.17) is 10.2 Å². The topological polar surface area (TPSA) is 56.2 Å². The molecule has 0 aliphatic rings. The monoisotopic (exact) mass is 307 g/mol. The Balaban J connectivity index is 2.51. The van der Waals surface area contributed by atoms with Crippen molar-refractivity contribution in [1.82, 2.24) is 0 Å². The van der Waals surface area contributed by atoms with Crippen LogP contribution in [0.15, 0.2) is 27.1 Å². The summed E-state index contributed by atoms with van der Waals surface area (Å²) in [6, 6.07) is 5.18. The molecule has 0 atom stereocenters. The van der Waals surface area contributed by atoms with Crippen molar-refractivity contribution in [3.8, 4) is 0 Å². The summed E-state index contributed by atoms with van der Waals surface area (Å²) >= 11 is 3.33. The molecular formula is C14H14BrNO2. The maximum absolute atomic E-state index is 12.4. The molecule has 0 aliphatic carbocycles. The van der Waals surface area contributed by atoms with Crippen molar-refractivity contribution in [2.75, 3.05) is 5.73 Å². The van der Waals surface area contributed by atoms with E-state index in [9.17, 15) is 4.79 Å². The van der Waals surface area contributed by atoms with E-state index >= 15 is 0 Å². The minimum atomic E-state index is -0.0393. The SMILES string of the molecule is Cc1oc(C)c(C(=O)c2ccc(N)c(Br)c2)c1C. The molecule has 0 bridgehead atoms. The highest BCUT2D eigenvalue weighted by molar-refractivity contribution is 9.10. The Hall–Kier alpha value is -1.55. The average Bonchev–Trinajstić information content (AvgIpc) is 2.56. The Kier molecular flexibility index (Phi) is 3.30. The zero-order valence-corrected chi connectivity index (χ0v) is 12.1. The molecule has 0 aliphatic heterocycles. The van der Waals surface area contributed by atoms with Crippen molar-refractivity contribution in [2.45, 2.75) is 20.8 Å². The molecule has 1 aromatic carbocycles. The lowest BCUT2D eigenvalue weighted by Gasteiger charge is -2.04. The minimum absolute atomic E-state index is 0.0393. The van der Waals surface area contributed by atoms with Crippen LogP contribution in [0.4, 0.5) is 5.69 Å². The molecule has 3 nitrogen and oxygen atoms in total. The number of halogens is 1. The van der Waals surface area contributed by atoms with E-state index in [1.807, 2.05) is 13.8 Å². The summed E-state index contributed by atoms with van der Waals surface area (Å²) in [7, 11) is 0. The van der Waals surface area contributed by atoms with Gasteiger partial charge >= 0.3 is 0 Å². The first-order valence-electron chi connectivity index (χ1n) is 5.58. The summed E-state index contributed by atoms with van der Waals surface area (Å²) in [5.41, 5.74) is 8.47. The third-order valence-corrected chi connectivity index (χ3v) is 3.74. The van der Waals surface area contributed by atoms with Crippen LogP contribution in [0.1, 0.15) is 33.0 Å². The van der Waals surface area contributed by atoms with Gasteiger partial charge in [0.1, 0.15) is 11.5 Å². The fourth-order valence-corrected chi connectivity index (χ4v) is 2.32. The summed E-state index contributed by atoms with van der Waals surface area (Å²) in [5, 5.41) is 0. The molecule has 4 heteroatoms. The Bertz CT molecular complexity index is 629. The third-order valence-electron chi connectivity index (χ3n) is 3.05. The number of nitrogens with two attached hydrogens (primary N) is 1. The van der Waals surface area contributed by atoms with Crippen LogP contribution in [0.2, 0.25) is 0 Å². The lowest BCUT2D eigenvalue weighted by molar-refractivity contribution is 0.103. The van der Waals surface area contributed by atoms with Crippen LogP contribution in [-0.4, -0.2) is 5.78 Å². The van der Waals surface area contributed by atoms with Crippen LogP contribution in [0.3, 0.4) is 0 Å². The largest absolute Gasteiger partial charge is 0.466 e. The molecule has 18 heavy (non-hydrogen) atoms. The Morgan fingerprint density at radius 2 is 1.89 bits per heavy atom. The number of nitrogen functional groups attached to an aromatic ring is 1. The second-order valence-corrected chi connectivity index (χ2v) is 5.13. The van der Waals surface area contributed by atoms with Gasteiger partial charge in [0, 0.05) is 21.3 Å². The number of aryl methyl sites for hydroxylation is 2. The third kappa shape index (κ3) is 2.08. The molecule has 0 saturated carbocycles. The molecule has 2 N–H and O–H groups in total. The molecule has 0 fully saturated rings. The molecule has 94 valence electrons. The molecule has 0 amide bonds. The summed E-state index contributed by atoms with van der Waals surface area (Å²) < 4.78 is 6.21. The van der Waals surface area contributed by atoms with Crippen molar-refractivity contribution >= 4 is 27.4 Å². The van der Waals surface area contributed by atoms with Gasteiger partial charge in [0.05, 0.1) is 5.56 Å². The number of ketones is 1. The van der Waals surface area contributed by atoms with Crippen molar-refractivity contribution in [2.24, 2.45) is 0 Å². The van der Waals surface area contributed by atoms with E-state index in [1.165, 1.54) is 0 Å². The van der Waals surface area contributed by atoms with Crippen LogP contribution in [0, 0.1) is 20.8 Å². The van der Waals surface area contributed by atoms with Crippen molar-refractivity contribution in [3.63, 3.8) is 0 Å². The number of carbonyl (C=O) groups excluding carboxylic acids is 1. The number of benzene rings is 1. The normalized spacial score (nSPS) is 10.7. The van der Waals surface area contributed by atoms with Gasteiger partial charge < -0.3 is 10.2 Å². The number of furan rings is 1. The van der Waals surface area contributed by atoms with Gasteiger partial charge in [0.25, 0.3) is 0 Å². The molecule has 0 spiro atoms. The molecule has 1 heterocycles. The predicted molar refractivity (Wildman–Crippen MR) is 74.9 cm³/mol. The number of carbonyl (C=O) groups is 1. The van der Waals surface area contributed by atoms with Crippen LogP contribution in [0.5, 0.6) is 0 Å². The summed E-state index contributed by atoms with van der Waals surface area (Å²) in [6.07, 6.45) is 0. The van der Waals surface area contributed by atoms with Gasteiger partial charge in [-0.3, -0.25) is 4.79 Å². The van der Waals surface area contributed by atoms with Crippen LogP contribution in [0.25, 0.3) is 0 Å². The fourth-order valence-electron chi connectivity index (χ4n) is 1.94. The number of hydrogen-bond donors (Lipinski definition) is 1. The summed E-state index contributed by atoms with van der Waals surface area (Å²) in [5.74, 6) is 1.40. The van der Waals surface area contributed by atoms with Crippen molar-refractivity contribution in [1.29, 1.82) is 0 Å². The van der Waals surface area contributed by atoms with Gasteiger partial charge in [-0.1, -0.05) is 0 Å². The Morgan fingerprint density at radius 1 is 1.22 bits per heavy atom. The second kappa shape index (κ2) is 4.61. The zero-order valence-electron chi connectivity index (χ0n) is 10.5. The summed E-state index contributed by atoms with van der Waals surface area (Å²) in [6.45, 7) is 5.56. The number of anilines is 1. The van der Waals surface area contributed by atoms with Crippen LogP contribution in [-0.2, 0) is 0 Å². The first-order valence-corrected chi connectivity index (χ1v) is 6.37. The van der Waals surface area contributed by atoms with E-state index in [2.05, 4.69) is 15.9 Å². The van der Waals surface area contributed by atoms with Crippen molar-refractivity contribution < 1.29 is 9.21 Å². The Labute approximate surface area is 114 Å². The molecule has 0 saturated heterocycles. The van der Waals surface area contributed by atoms with Gasteiger partial charge in [0.15, 0.2) is 5.78 Å². The highest BCUT2D eigenvalue weighted by Gasteiger charge is 2.20. The van der Waals surface area contributed by atoms with E-state index in [0.717, 1.165) is 15.8 Å². The average molecular weight is 308 g/mol. The highest BCUT2D eigenvalue weighted by atomic mass is 79.9. The van der Waals surface area contributed by atoms with Crippen molar-refractivity contribution in [3.05, 3.63) is 50.9 Å². The van der Waals surface area contributed by atoms with Gasteiger partial charge in [-0.25, -0.2) is 0 Å². The number of rotatable bonds is 2. The first kappa shape index (κ1) is 12.9. The molecule has 2 aromatic rings. The molecule has 0 radical (unpaired) electrons. The van der Waals surface area contributed by atoms with Crippen LogP contribution < -0.4 is 5.73 Å². The Morgan fingerprint density at radius 3 is 2.39 bits per heavy atom. The predicted octanol–water partition coefficient (Wildman–Crippen LogP) is 3.78. The molecular weight excluding hydrogens is 294 g/mol. The number of hydrogen-bond acceptors (Lipinski definition) is 3. The maximum Gasteiger partial charge on any atom is 0.196 e. The summed E-state index contributed by atoms with van der Waals surface area (Å²) in [4.78, 5) is 12.4. The molecule has 2 rings (SSSR count). The smallest absolute Gasteiger partial charge is 0.196 e. The van der Waals surface area contributed by atoms with E-state index in [1.54, 1.807) is 25.1 Å². The van der Waals surface area contributed by atoms with E-state index in [-0.39, 0.29) is 5.78 Å². The van der Waals surface area contributed by atoms with Gasteiger partial charge in [0.2, 0.25) is 0 Å². The second-order valence-electron chi connectivity index (χ2n) is 4.28. The first-order chi connectivity index (χ1) is 8.41.